The number of aromatic nitrogens is 1. The second kappa shape index (κ2) is 9.93. The molecule has 1 aromatic rings. The van der Waals surface area contributed by atoms with E-state index in [2.05, 4.69) is 11.6 Å². The average Bonchev–Trinajstić information content (AvgIpc) is 3.47. The van der Waals surface area contributed by atoms with Gasteiger partial charge in [0.2, 0.25) is 0 Å². The number of aliphatic hydroxyl groups excluding tert-OH is 2. The molecule has 1 saturated heterocycles. The van der Waals surface area contributed by atoms with Gasteiger partial charge in [-0.25, -0.2) is 9.59 Å². The van der Waals surface area contributed by atoms with Crippen molar-refractivity contribution in [2.45, 2.75) is 82.8 Å². The average molecular weight is 530 g/mol. The summed E-state index contributed by atoms with van der Waals surface area (Å²) in [6.07, 6.45) is -0.0418. The number of esters is 2. The van der Waals surface area contributed by atoms with E-state index in [-0.39, 0.29) is 36.0 Å². The Morgan fingerprint density at radius 1 is 1.34 bits per heavy atom. The molecular formula is C29H39NO8. The minimum atomic E-state index is -0.974. The zero-order valence-corrected chi connectivity index (χ0v) is 22.6. The molecule has 0 amide bonds. The van der Waals surface area contributed by atoms with E-state index in [9.17, 15) is 19.8 Å². The van der Waals surface area contributed by atoms with E-state index < -0.39 is 54.2 Å². The van der Waals surface area contributed by atoms with Crippen LogP contribution >= 0.6 is 0 Å². The van der Waals surface area contributed by atoms with Gasteiger partial charge in [-0.1, -0.05) is 32.1 Å². The molecule has 3 N–H and O–H groups in total. The molecule has 0 unspecified atom stereocenters. The summed E-state index contributed by atoms with van der Waals surface area (Å²) in [6.45, 7) is 11.7. The second-order valence-electron chi connectivity index (χ2n) is 11.6. The van der Waals surface area contributed by atoms with Gasteiger partial charge in [0.25, 0.3) is 0 Å². The van der Waals surface area contributed by atoms with Gasteiger partial charge in [-0.2, -0.15) is 0 Å². The lowest BCUT2D eigenvalue weighted by molar-refractivity contribution is -0.172. The van der Waals surface area contributed by atoms with Crippen molar-refractivity contribution in [3.8, 4) is 0 Å². The Hall–Kier alpha value is -2.46. The van der Waals surface area contributed by atoms with Crippen molar-refractivity contribution in [1.29, 1.82) is 0 Å². The number of aromatic amines is 1. The maximum Gasteiger partial charge on any atom is 0.355 e. The fourth-order valence-electron chi connectivity index (χ4n) is 7.63. The van der Waals surface area contributed by atoms with Gasteiger partial charge < -0.3 is 34.1 Å². The summed E-state index contributed by atoms with van der Waals surface area (Å²) in [5, 5.41) is 22.2. The van der Waals surface area contributed by atoms with Crippen LogP contribution in [-0.2, 0) is 23.7 Å². The Morgan fingerprint density at radius 2 is 2.08 bits per heavy atom. The van der Waals surface area contributed by atoms with Crippen LogP contribution in [0.1, 0.15) is 51.0 Å². The summed E-state index contributed by atoms with van der Waals surface area (Å²) >= 11 is 0. The first kappa shape index (κ1) is 27.1. The number of ether oxygens (including phenoxy) is 4. The van der Waals surface area contributed by atoms with Crippen LogP contribution in [0.5, 0.6) is 0 Å². The van der Waals surface area contributed by atoms with Gasteiger partial charge >= 0.3 is 11.9 Å². The highest BCUT2D eigenvalue weighted by atomic mass is 16.6. The monoisotopic (exact) mass is 529 g/mol. The Kier molecular flexibility index (Phi) is 7.09. The predicted molar refractivity (Wildman–Crippen MR) is 137 cm³/mol. The highest BCUT2D eigenvalue weighted by Gasteiger charge is 2.71. The first-order valence-corrected chi connectivity index (χ1v) is 13.5. The molecule has 0 aromatic carbocycles. The third-order valence-corrected chi connectivity index (χ3v) is 9.40. The molecule has 3 fully saturated rings. The number of nitrogens with one attached hydrogen (secondary N) is 1. The van der Waals surface area contributed by atoms with Crippen molar-refractivity contribution >= 4 is 11.9 Å². The summed E-state index contributed by atoms with van der Waals surface area (Å²) in [5.74, 6) is -2.50. The molecular weight excluding hydrogens is 490 g/mol. The quantitative estimate of drug-likeness (QED) is 0.401. The minimum Gasteiger partial charge on any atom is -0.457 e. The summed E-state index contributed by atoms with van der Waals surface area (Å²) in [7, 11) is 1.46. The molecule has 1 spiro atoms. The third kappa shape index (κ3) is 4.06. The Balaban J connectivity index is 1.60. The second-order valence-corrected chi connectivity index (χ2v) is 11.6. The summed E-state index contributed by atoms with van der Waals surface area (Å²) in [6, 6.07) is 3.38. The number of cyclic esters (lactones) is 1. The first-order valence-electron chi connectivity index (χ1n) is 13.5. The Labute approximate surface area is 223 Å². The number of aliphatic hydroxyl groups is 2. The van der Waals surface area contributed by atoms with Crippen LogP contribution < -0.4 is 0 Å². The van der Waals surface area contributed by atoms with Crippen LogP contribution in [0.3, 0.4) is 0 Å². The van der Waals surface area contributed by atoms with Crippen LogP contribution in [0.2, 0.25) is 0 Å². The summed E-state index contributed by atoms with van der Waals surface area (Å²) in [5.41, 5.74) is 1.16. The Bertz CT molecular complexity index is 1110. The molecule has 0 radical (unpaired) electrons. The molecule has 208 valence electrons. The normalized spacial score (nSPS) is 44.9. The maximum absolute atomic E-state index is 13.2. The van der Waals surface area contributed by atoms with Crippen molar-refractivity contribution in [2.75, 3.05) is 7.11 Å². The van der Waals surface area contributed by atoms with Crippen LogP contribution in [0.4, 0.5) is 0 Å². The lowest BCUT2D eigenvalue weighted by atomic mass is 9.53. The van der Waals surface area contributed by atoms with Gasteiger partial charge in [-0.15, -0.1) is 0 Å². The molecule has 3 heterocycles. The molecule has 12 atom stereocenters. The molecule has 2 saturated carbocycles. The van der Waals surface area contributed by atoms with Crippen molar-refractivity contribution in [3.63, 3.8) is 0 Å². The van der Waals surface area contributed by atoms with E-state index >= 15 is 0 Å². The van der Waals surface area contributed by atoms with Crippen LogP contribution in [0.25, 0.3) is 0 Å². The zero-order chi connectivity index (χ0) is 27.5. The summed E-state index contributed by atoms with van der Waals surface area (Å²) in [4.78, 5) is 29.0. The third-order valence-electron chi connectivity index (χ3n) is 9.40. The van der Waals surface area contributed by atoms with Gasteiger partial charge in [-0.05, 0) is 44.4 Å². The van der Waals surface area contributed by atoms with Gasteiger partial charge in [-0.3, -0.25) is 0 Å². The molecule has 2 aliphatic heterocycles. The summed E-state index contributed by atoms with van der Waals surface area (Å²) < 4.78 is 24.3. The maximum atomic E-state index is 13.2. The van der Waals surface area contributed by atoms with Gasteiger partial charge in [0.15, 0.2) is 6.10 Å². The van der Waals surface area contributed by atoms with E-state index in [1.54, 1.807) is 25.3 Å². The number of rotatable bonds is 4. The molecule has 4 aliphatic rings. The Morgan fingerprint density at radius 3 is 2.71 bits per heavy atom. The molecule has 1 aromatic heterocycles. The minimum absolute atomic E-state index is 0.117. The zero-order valence-electron chi connectivity index (χ0n) is 22.6. The highest BCUT2D eigenvalue weighted by Crippen LogP contribution is 2.64. The molecule has 5 rings (SSSR count). The van der Waals surface area contributed by atoms with Crippen molar-refractivity contribution in [2.24, 2.45) is 29.6 Å². The topological polar surface area (TPSA) is 127 Å². The van der Waals surface area contributed by atoms with Crippen molar-refractivity contribution in [1.82, 2.24) is 4.98 Å². The number of hydrogen-bond acceptors (Lipinski definition) is 8. The molecule has 38 heavy (non-hydrogen) atoms. The fourth-order valence-corrected chi connectivity index (χ4v) is 7.63. The lowest BCUT2D eigenvalue weighted by Gasteiger charge is -2.52. The van der Waals surface area contributed by atoms with E-state index in [0.717, 1.165) is 11.1 Å². The number of carbonyl (C=O) groups excluding carboxylic acids is 2. The fraction of sp³-hybridized carbons (Fsp3) is 0.655. The predicted octanol–water partition coefficient (Wildman–Crippen LogP) is 2.79. The molecule has 9 nitrogen and oxygen atoms in total. The molecule has 2 aliphatic carbocycles. The largest absolute Gasteiger partial charge is 0.457 e. The van der Waals surface area contributed by atoms with Crippen LogP contribution in [0.15, 0.2) is 42.1 Å². The molecule has 4 bridgehead atoms. The van der Waals surface area contributed by atoms with E-state index in [1.165, 1.54) is 7.11 Å². The number of carbonyl (C=O) groups is 2. The number of hydrogen-bond donors (Lipinski definition) is 3. The lowest BCUT2D eigenvalue weighted by Crippen LogP contribution is -2.59. The van der Waals surface area contributed by atoms with Crippen molar-refractivity contribution in [3.05, 3.63) is 47.8 Å². The van der Waals surface area contributed by atoms with E-state index in [1.807, 2.05) is 26.8 Å². The van der Waals surface area contributed by atoms with Gasteiger partial charge in [0.05, 0.1) is 18.3 Å². The SMILES string of the molecule is C=C1C[C@H]2[C@H]3O[C@]4(/C(C)=C/[C@@H](C)[C@@H]([C@@H](C)O)OC(=O)[C@@H](OC)C[C@@H]14)[C@@H]2[C@H](O)[C@@H](C)[C@H]3OC(=O)c1ccc[nH]1. The van der Waals surface area contributed by atoms with E-state index in [4.69, 9.17) is 18.9 Å². The first-order chi connectivity index (χ1) is 18.0. The van der Waals surface area contributed by atoms with Gasteiger partial charge in [0.1, 0.15) is 23.5 Å². The van der Waals surface area contributed by atoms with Gasteiger partial charge in [0, 0.05) is 42.9 Å². The van der Waals surface area contributed by atoms with Crippen LogP contribution in [-0.4, -0.2) is 76.5 Å². The standard InChI is InChI=1S/C29H39NO8/c1-13-11-18-22-23(32)16(4)25(37-27(33)20-8-7-9-30-20)26(18)38-29(22)15(3)10-14(2)24(17(5)31)36-28(34)21(35-6)12-19(13)29/h7-10,14,16-19,21-26,30-32H,1,11-12H2,2-6H3/b15-10+/t14-,16-,17-,18-,19+,21+,22+,23-,24+,25-,26-,29+/m1/s1. The molecule has 9 heteroatoms. The smallest absolute Gasteiger partial charge is 0.355 e. The highest BCUT2D eigenvalue weighted by molar-refractivity contribution is 5.87. The number of methoxy groups -OCH3 is 1. The van der Waals surface area contributed by atoms with Crippen molar-refractivity contribution < 1.29 is 38.7 Å². The number of H-pyrrole nitrogens is 1. The van der Waals surface area contributed by atoms with E-state index in [0.29, 0.717) is 12.1 Å². The van der Waals surface area contributed by atoms with Crippen LogP contribution in [0, 0.1) is 29.6 Å².